The highest BCUT2D eigenvalue weighted by Gasteiger charge is 2.46. The van der Waals surface area contributed by atoms with Crippen LogP contribution in [0.3, 0.4) is 0 Å². The molecule has 0 radical (unpaired) electrons. The van der Waals surface area contributed by atoms with Crippen LogP contribution in [0.15, 0.2) is 18.2 Å². The number of benzene rings is 1. The lowest BCUT2D eigenvalue weighted by Gasteiger charge is -2.54. The molecule has 5 rings (SSSR count). The van der Waals surface area contributed by atoms with Crippen molar-refractivity contribution in [2.75, 3.05) is 37.6 Å². The topological polar surface area (TPSA) is 127 Å². The Labute approximate surface area is 184 Å². The minimum Gasteiger partial charge on any atom is -0.480 e. The highest BCUT2D eigenvalue weighted by atomic mass is 16.4. The van der Waals surface area contributed by atoms with Gasteiger partial charge in [0.1, 0.15) is 6.04 Å². The fraction of sp³-hybridized carbons (Fsp3) is 0.500. The normalized spacial score (nSPS) is 25.1. The van der Waals surface area contributed by atoms with Gasteiger partial charge in [-0.05, 0) is 42.9 Å². The summed E-state index contributed by atoms with van der Waals surface area (Å²) in [5.74, 6) is -2.82. The molecule has 168 valence electrons. The first-order valence-electron chi connectivity index (χ1n) is 10.8. The van der Waals surface area contributed by atoms with Crippen LogP contribution in [0.1, 0.15) is 46.4 Å². The van der Waals surface area contributed by atoms with Gasteiger partial charge in [0.2, 0.25) is 11.8 Å². The van der Waals surface area contributed by atoms with Gasteiger partial charge in [0.05, 0.1) is 17.7 Å². The van der Waals surface area contributed by atoms with Gasteiger partial charge >= 0.3 is 5.97 Å². The Morgan fingerprint density at radius 2 is 1.75 bits per heavy atom. The molecule has 0 saturated carbocycles. The van der Waals surface area contributed by atoms with Crippen LogP contribution in [0, 0.1) is 5.41 Å². The third-order valence-corrected chi connectivity index (χ3v) is 7.09. The van der Waals surface area contributed by atoms with Crippen molar-refractivity contribution in [2.24, 2.45) is 5.41 Å². The molecular weight excluding hydrogens is 416 g/mol. The molecule has 1 unspecified atom stereocenters. The molecule has 1 aromatic rings. The summed E-state index contributed by atoms with van der Waals surface area (Å²) in [6.07, 6.45) is 2.11. The van der Waals surface area contributed by atoms with E-state index in [0.717, 1.165) is 49.6 Å². The summed E-state index contributed by atoms with van der Waals surface area (Å²) in [5.41, 5.74) is 1.58. The third-order valence-electron chi connectivity index (χ3n) is 7.09. The number of anilines is 1. The molecule has 10 heteroatoms. The van der Waals surface area contributed by atoms with Crippen LogP contribution in [0.2, 0.25) is 0 Å². The summed E-state index contributed by atoms with van der Waals surface area (Å²) in [6.45, 7) is 3.25. The number of aliphatic carboxylic acids is 1. The van der Waals surface area contributed by atoms with Crippen LogP contribution in [-0.2, 0) is 14.4 Å². The Kier molecular flexibility index (Phi) is 4.77. The number of carbonyl (C=O) groups excluding carboxylic acids is 4. The van der Waals surface area contributed by atoms with E-state index in [-0.39, 0.29) is 35.9 Å². The molecule has 3 fully saturated rings. The lowest BCUT2D eigenvalue weighted by Crippen LogP contribution is -2.61. The maximum atomic E-state index is 13.0. The number of nitrogens with one attached hydrogen (secondary N) is 1. The molecular formula is C22H24N4O6. The average molecular weight is 440 g/mol. The summed E-state index contributed by atoms with van der Waals surface area (Å²) in [4.78, 5) is 65.5. The van der Waals surface area contributed by atoms with Crippen molar-refractivity contribution in [2.45, 2.75) is 31.7 Å². The van der Waals surface area contributed by atoms with Crippen LogP contribution in [0.25, 0.3) is 0 Å². The van der Waals surface area contributed by atoms with E-state index in [2.05, 4.69) is 10.2 Å². The molecule has 3 saturated heterocycles. The zero-order chi connectivity index (χ0) is 22.6. The van der Waals surface area contributed by atoms with Crippen LogP contribution in [0.5, 0.6) is 0 Å². The summed E-state index contributed by atoms with van der Waals surface area (Å²) < 4.78 is 0. The van der Waals surface area contributed by atoms with E-state index < -0.39 is 35.6 Å². The van der Waals surface area contributed by atoms with Crippen molar-refractivity contribution < 1.29 is 29.1 Å². The quantitative estimate of drug-likeness (QED) is 0.630. The number of fused-ring (bicyclic) bond motifs is 1. The van der Waals surface area contributed by atoms with Gasteiger partial charge < -0.3 is 10.0 Å². The maximum absolute atomic E-state index is 13.0. The van der Waals surface area contributed by atoms with E-state index in [0.29, 0.717) is 0 Å². The van der Waals surface area contributed by atoms with Gasteiger partial charge in [0, 0.05) is 38.3 Å². The lowest BCUT2D eigenvalue weighted by atomic mass is 9.72. The molecule has 4 aliphatic heterocycles. The van der Waals surface area contributed by atoms with Crippen molar-refractivity contribution in [1.82, 2.24) is 15.1 Å². The van der Waals surface area contributed by atoms with Gasteiger partial charge in [-0.25, -0.2) is 0 Å². The second-order valence-electron chi connectivity index (χ2n) is 9.20. The minimum absolute atomic E-state index is 0.0795. The average Bonchev–Trinajstić information content (AvgIpc) is 2.97. The van der Waals surface area contributed by atoms with Crippen LogP contribution in [-0.4, -0.2) is 83.3 Å². The Morgan fingerprint density at radius 3 is 2.41 bits per heavy atom. The van der Waals surface area contributed by atoms with Crippen LogP contribution in [0.4, 0.5) is 5.69 Å². The molecule has 32 heavy (non-hydrogen) atoms. The smallest absolute Gasteiger partial charge is 0.317 e. The standard InChI is InChI=1S/C22H24N4O6/c27-17-4-3-16(19(30)23-17)26-20(31)14-2-1-13(9-15(14)21(26)32)25-7-5-22(6-8-25)11-24(12-22)10-18(28)29/h1-2,9,16H,3-8,10-12H2,(H,28,29)(H,23,27,30). The van der Waals surface area contributed by atoms with Gasteiger partial charge in [-0.1, -0.05) is 0 Å². The first-order valence-corrected chi connectivity index (χ1v) is 10.8. The zero-order valence-corrected chi connectivity index (χ0v) is 17.5. The predicted octanol–water partition coefficient (Wildman–Crippen LogP) is 0.0746. The van der Waals surface area contributed by atoms with Crippen molar-refractivity contribution in [3.63, 3.8) is 0 Å². The second kappa shape index (κ2) is 7.40. The van der Waals surface area contributed by atoms with E-state index in [1.165, 1.54) is 0 Å². The number of rotatable bonds is 4. The number of piperidine rings is 2. The van der Waals surface area contributed by atoms with Crippen LogP contribution >= 0.6 is 0 Å². The first-order chi connectivity index (χ1) is 15.3. The SMILES string of the molecule is O=C(O)CN1CC2(CCN(c3ccc4c(c3)C(=O)N(C3CCC(=O)NC3=O)C4=O)CC2)C1. The van der Waals surface area contributed by atoms with E-state index in [4.69, 9.17) is 5.11 Å². The molecule has 1 spiro atoms. The predicted molar refractivity (Wildman–Crippen MR) is 111 cm³/mol. The van der Waals surface area contributed by atoms with Gasteiger partial charge in [-0.2, -0.15) is 0 Å². The molecule has 1 aromatic carbocycles. The first kappa shape index (κ1) is 20.6. The van der Waals surface area contributed by atoms with E-state index in [1.807, 2.05) is 11.0 Å². The van der Waals surface area contributed by atoms with E-state index >= 15 is 0 Å². The van der Waals surface area contributed by atoms with Gasteiger partial charge in [0.25, 0.3) is 11.8 Å². The Bertz CT molecular complexity index is 1040. The van der Waals surface area contributed by atoms with Gasteiger partial charge in [-0.3, -0.25) is 39.1 Å². The molecule has 4 aliphatic rings. The largest absolute Gasteiger partial charge is 0.480 e. The van der Waals surface area contributed by atoms with E-state index in [9.17, 15) is 24.0 Å². The number of carboxylic acids is 1. The van der Waals surface area contributed by atoms with Crippen molar-refractivity contribution in [1.29, 1.82) is 0 Å². The summed E-state index contributed by atoms with van der Waals surface area (Å²) >= 11 is 0. The fourth-order valence-corrected chi connectivity index (χ4v) is 5.42. The fourth-order valence-electron chi connectivity index (χ4n) is 5.42. The number of hydrogen-bond donors (Lipinski definition) is 2. The minimum atomic E-state index is -0.967. The lowest BCUT2D eigenvalue weighted by molar-refractivity contribution is -0.142. The molecule has 10 nitrogen and oxygen atoms in total. The van der Waals surface area contributed by atoms with Crippen molar-refractivity contribution in [3.05, 3.63) is 29.3 Å². The molecule has 1 atom stereocenters. The molecule has 4 heterocycles. The van der Waals surface area contributed by atoms with Crippen molar-refractivity contribution in [3.8, 4) is 0 Å². The Hall–Kier alpha value is -3.27. The monoisotopic (exact) mass is 440 g/mol. The number of amides is 4. The highest BCUT2D eigenvalue weighted by molar-refractivity contribution is 6.23. The molecule has 0 aromatic heterocycles. The number of likely N-dealkylation sites (tertiary alicyclic amines) is 1. The van der Waals surface area contributed by atoms with E-state index in [1.54, 1.807) is 12.1 Å². The zero-order valence-electron chi connectivity index (χ0n) is 17.5. The second-order valence-corrected chi connectivity index (χ2v) is 9.20. The summed E-state index contributed by atoms with van der Waals surface area (Å²) in [6, 6.07) is 4.22. The van der Waals surface area contributed by atoms with Gasteiger partial charge in [-0.15, -0.1) is 0 Å². The Morgan fingerprint density at radius 1 is 1.06 bits per heavy atom. The third kappa shape index (κ3) is 3.35. The van der Waals surface area contributed by atoms with Gasteiger partial charge in [0.15, 0.2) is 0 Å². The molecule has 2 N–H and O–H groups in total. The summed E-state index contributed by atoms with van der Waals surface area (Å²) in [5, 5.41) is 11.1. The number of hydrogen-bond acceptors (Lipinski definition) is 7. The number of nitrogens with zero attached hydrogens (tertiary/aromatic N) is 3. The van der Waals surface area contributed by atoms with Crippen LogP contribution < -0.4 is 10.2 Å². The maximum Gasteiger partial charge on any atom is 0.317 e. The Balaban J connectivity index is 1.27. The number of carbonyl (C=O) groups is 5. The molecule has 4 amide bonds. The summed E-state index contributed by atoms with van der Waals surface area (Å²) in [7, 11) is 0. The number of imide groups is 2. The highest BCUT2D eigenvalue weighted by Crippen LogP contribution is 2.41. The number of carboxylic acid groups (broad SMARTS) is 1. The molecule has 0 bridgehead atoms. The molecule has 0 aliphatic carbocycles. The van der Waals surface area contributed by atoms with Crippen molar-refractivity contribution >= 4 is 35.3 Å².